The summed E-state index contributed by atoms with van der Waals surface area (Å²) in [4.78, 5) is 39.8. The smallest absolute Gasteiger partial charge is 0.323 e. The van der Waals surface area contributed by atoms with Crippen molar-refractivity contribution in [3.63, 3.8) is 0 Å². The van der Waals surface area contributed by atoms with Crippen LogP contribution in [0.3, 0.4) is 0 Å². The number of hydrogen-bond donors (Lipinski definition) is 2. The third kappa shape index (κ3) is 3.36. The summed E-state index contributed by atoms with van der Waals surface area (Å²) in [7, 11) is 0. The molecule has 3 amide bonds. The number of nitrogens with two attached hydrogens (primary N) is 1. The average Bonchev–Trinajstić information content (AvgIpc) is 3.24. The summed E-state index contributed by atoms with van der Waals surface area (Å²) in [6, 6.07) is 6.30. The lowest BCUT2D eigenvalue weighted by molar-refractivity contribution is -0.124. The van der Waals surface area contributed by atoms with Crippen LogP contribution in [0.5, 0.6) is 0 Å². The third-order valence-corrected chi connectivity index (χ3v) is 7.12. The molecule has 7 nitrogen and oxygen atoms in total. The molecule has 1 aliphatic heterocycles. The molecule has 1 aromatic carbocycles. The first-order chi connectivity index (χ1) is 14.5. The summed E-state index contributed by atoms with van der Waals surface area (Å²) in [5.74, 6) is 1.13. The highest BCUT2D eigenvalue weighted by Crippen LogP contribution is 2.49. The van der Waals surface area contributed by atoms with Crippen LogP contribution in [0.15, 0.2) is 30.5 Å². The Kier molecular flexibility index (Phi) is 4.76. The van der Waals surface area contributed by atoms with Crippen LogP contribution >= 0.6 is 0 Å². The van der Waals surface area contributed by atoms with E-state index in [9.17, 15) is 14.4 Å². The number of para-hydroxylation sites is 1. The second-order valence-electron chi connectivity index (χ2n) is 9.09. The van der Waals surface area contributed by atoms with Crippen molar-refractivity contribution in [3.8, 4) is 0 Å². The maximum absolute atomic E-state index is 13.2. The van der Waals surface area contributed by atoms with E-state index < -0.39 is 6.03 Å². The van der Waals surface area contributed by atoms with E-state index in [-0.39, 0.29) is 23.9 Å². The minimum absolute atomic E-state index is 0.162. The number of fused-ring (bicyclic) bond motifs is 2. The number of carbonyl (C=O) groups excluding carboxylic acids is 3. The van der Waals surface area contributed by atoms with Crippen LogP contribution in [0.4, 0.5) is 15.3 Å². The molecule has 0 bridgehead atoms. The van der Waals surface area contributed by atoms with Gasteiger partial charge in [0.25, 0.3) is 0 Å². The van der Waals surface area contributed by atoms with Gasteiger partial charge in [0.05, 0.1) is 17.2 Å². The molecule has 5 rings (SSSR count). The molecule has 158 valence electrons. The van der Waals surface area contributed by atoms with Crippen molar-refractivity contribution in [2.45, 2.75) is 63.5 Å². The van der Waals surface area contributed by atoms with Crippen LogP contribution in [0.25, 0.3) is 10.9 Å². The van der Waals surface area contributed by atoms with Gasteiger partial charge in [-0.3, -0.25) is 9.36 Å². The number of aromatic nitrogens is 1. The van der Waals surface area contributed by atoms with Crippen molar-refractivity contribution in [1.29, 1.82) is 0 Å². The zero-order valence-corrected chi connectivity index (χ0v) is 17.0. The number of anilines is 1. The molecule has 2 saturated carbocycles. The number of primary amides is 1. The van der Waals surface area contributed by atoms with Gasteiger partial charge in [-0.2, -0.15) is 0 Å². The zero-order valence-electron chi connectivity index (χ0n) is 17.0. The lowest BCUT2D eigenvalue weighted by atomic mass is 9.84. The number of ketones is 1. The number of hydrogen-bond acceptors (Lipinski definition) is 3. The number of rotatable bonds is 4. The SMILES string of the molecule is NC(=O)n1cc(NC(=O)N2[C@@H]3C[C@@H]3C[C@H]2C(=O)CC2CCCCC2)c2ccccc21. The molecule has 7 heteroatoms. The quantitative estimate of drug-likeness (QED) is 0.797. The first-order valence-corrected chi connectivity index (χ1v) is 11.0. The summed E-state index contributed by atoms with van der Waals surface area (Å²) in [6.45, 7) is 0. The number of urea groups is 1. The minimum Gasteiger partial charge on any atom is -0.351 e. The summed E-state index contributed by atoms with van der Waals surface area (Å²) in [5, 5.41) is 3.71. The number of amides is 3. The fourth-order valence-electron chi connectivity index (χ4n) is 5.49. The van der Waals surface area contributed by atoms with E-state index in [1.165, 1.54) is 23.8 Å². The van der Waals surface area contributed by atoms with Gasteiger partial charge in [-0.05, 0) is 30.7 Å². The molecule has 2 aliphatic carbocycles. The molecular formula is C23H28N4O3. The van der Waals surface area contributed by atoms with Crippen molar-refractivity contribution in [2.75, 3.05) is 5.32 Å². The summed E-state index contributed by atoms with van der Waals surface area (Å²) >= 11 is 0. The second kappa shape index (κ2) is 7.45. The van der Waals surface area contributed by atoms with Crippen molar-refractivity contribution in [2.24, 2.45) is 17.6 Å². The number of carbonyl (C=O) groups is 3. The Labute approximate surface area is 175 Å². The maximum Gasteiger partial charge on any atom is 0.323 e. The highest BCUT2D eigenvalue weighted by Gasteiger charge is 2.56. The van der Waals surface area contributed by atoms with Crippen LogP contribution in [0.1, 0.15) is 51.4 Å². The highest BCUT2D eigenvalue weighted by molar-refractivity contribution is 6.05. The van der Waals surface area contributed by atoms with Gasteiger partial charge in [0.2, 0.25) is 0 Å². The molecule has 0 spiro atoms. The number of benzene rings is 1. The molecule has 3 fully saturated rings. The molecule has 2 heterocycles. The Morgan fingerprint density at radius 3 is 2.60 bits per heavy atom. The minimum atomic E-state index is -0.601. The number of likely N-dealkylation sites (tertiary alicyclic amines) is 1. The Morgan fingerprint density at radius 2 is 1.83 bits per heavy atom. The largest absolute Gasteiger partial charge is 0.351 e. The van der Waals surface area contributed by atoms with E-state index in [1.54, 1.807) is 17.2 Å². The molecule has 0 unspecified atom stereocenters. The third-order valence-electron chi connectivity index (χ3n) is 7.12. The van der Waals surface area contributed by atoms with Crippen LogP contribution in [0.2, 0.25) is 0 Å². The fraction of sp³-hybridized carbons (Fsp3) is 0.522. The first kappa shape index (κ1) is 19.2. The molecule has 3 N–H and O–H groups in total. The van der Waals surface area contributed by atoms with Gasteiger partial charge < -0.3 is 16.0 Å². The lowest BCUT2D eigenvalue weighted by Crippen LogP contribution is -2.45. The molecule has 3 atom stereocenters. The van der Waals surface area contributed by atoms with Gasteiger partial charge >= 0.3 is 12.1 Å². The molecule has 30 heavy (non-hydrogen) atoms. The fourth-order valence-corrected chi connectivity index (χ4v) is 5.49. The standard InChI is InChI=1S/C23H28N4O3/c24-22(29)26-13-17(16-8-4-5-9-18(16)26)25-23(30)27-19-11-15(19)12-20(27)21(28)10-14-6-2-1-3-7-14/h4-5,8-9,13-15,19-20H,1-3,6-7,10-12H2,(H2,24,29)(H,25,30)/t15-,19-,20+/m1/s1. The van der Waals surface area contributed by atoms with E-state index in [0.29, 0.717) is 29.5 Å². The molecule has 2 aromatic rings. The summed E-state index contributed by atoms with van der Waals surface area (Å²) in [6.07, 6.45) is 9.86. The average molecular weight is 409 g/mol. The predicted molar refractivity (Wildman–Crippen MR) is 114 cm³/mol. The van der Waals surface area contributed by atoms with Gasteiger partial charge in [0.15, 0.2) is 5.78 Å². The number of nitrogens with one attached hydrogen (secondary N) is 1. The van der Waals surface area contributed by atoms with Gasteiger partial charge in [0, 0.05) is 24.0 Å². The van der Waals surface area contributed by atoms with E-state index >= 15 is 0 Å². The summed E-state index contributed by atoms with van der Waals surface area (Å²) < 4.78 is 1.33. The highest BCUT2D eigenvalue weighted by atomic mass is 16.2. The van der Waals surface area contributed by atoms with Crippen molar-refractivity contribution in [1.82, 2.24) is 9.47 Å². The number of Topliss-reactive ketones (excluding diaryl/α,β-unsaturated/α-hetero) is 1. The van der Waals surface area contributed by atoms with Crippen molar-refractivity contribution in [3.05, 3.63) is 30.5 Å². The van der Waals surface area contributed by atoms with Gasteiger partial charge in [-0.1, -0.05) is 50.3 Å². The zero-order chi connectivity index (χ0) is 20.8. The van der Waals surface area contributed by atoms with Crippen LogP contribution < -0.4 is 11.1 Å². The van der Waals surface area contributed by atoms with Gasteiger partial charge in [0.1, 0.15) is 0 Å². The number of nitrogens with zero attached hydrogens (tertiary/aromatic N) is 2. The van der Waals surface area contributed by atoms with Crippen LogP contribution in [0, 0.1) is 11.8 Å². The maximum atomic E-state index is 13.2. The second-order valence-corrected chi connectivity index (χ2v) is 9.09. The Balaban J connectivity index is 1.34. The van der Waals surface area contributed by atoms with Crippen molar-refractivity contribution < 1.29 is 14.4 Å². The van der Waals surface area contributed by atoms with E-state index in [4.69, 9.17) is 5.73 Å². The van der Waals surface area contributed by atoms with Gasteiger partial charge in [-0.15, -0.1) is 0 Å². The predicted octanol–water partition coefficient (Wildman–Crippen LogP) is 4.10. The summed E-state index contributed by atoms with van der Waals surface area (Å²) in [5.41, 5.74) is 6.67. The van der Waals surface area contributed by atoms with Crippen LogP contribution in [-0.2, 0) is 4.79 Å². The van der Waals surface area contributed by atoms with E-state index in [2.05, 4.69) is 5.32 Å². The number of piperidine rings is 1. The molecule has 1 saturated heterocycles. The lowest BCUT2D eigenvalue weighted by Gasteiger charge is -2.29. The molecular weight excluding hydrogens is 380 g/mol. The van der Waals surface area contributed by atoms with Crippen LogP contribution in [-0.4, -0.2) is 39.4 Å². The first-order valence-electron chi connectivity index (χ1n) is 11.0. The van der Waals surface area contributed by atoms with E-state index in [0.717, 1.165) is 31.1 Å². The Bertz CT molecular complexity index is 1010. The molecule has 1 aromatic heterocycles. The van der Waals surface area contributed by atoms with Gasteiger partial charge in [-0.25, -0.2) is 9.59 Å². The van der Waals surface area contributed by atoms with Crippen molar-refractivity contribution >= 4 is 34.4 Å². The molecule has 3 aliphatic rings. The topological polar surface area (TPSA) is 97.4 Å². The Morgan fingerprint density at radius 1 is 1.07 bits per heavy atom. The normalized spacial score (nSPS) is 25.9. The van der Waals surface area contributed by atoms with E-state index in [1.807, 2.05) is 18.2 Å². The molecule has 0 radical (unpaired) electrons. The Hall–Kier alpha value is -2.83. The monoisotopic (exact) mass is 408 g/mol.